The third kappa shape index (κ3) is 4.03. The summed E-state index contributed by atoms with van der Waals surface area (Å²) in [7, 11) is 0. The van der Waals surface area contributed by atoms with E-state index >= 15 is 0 Å². The minimum Gasteiger partial charge on any atom is -0.507 e. The molecule has 2 N–H and O–H groups in total. The molecule has 0 aliphatic carbocycles. The van der Waals surface area contributed by atoms with Gasteiger partial charge in [0.25, 0.3) is 11.7 Å². The first-order chi connectivity index (χ1) is 13.6. The molecule has 1 atom stereocenters. The quantitative estimate of drug-likeness (QED) is 0.407. The lowest BCUT2D eigenvalue weighted by Gasteiger charge is -2.25. The van der Waals surface area contributed by atoms with E-state index in [1.807, 2.05) is 23.6 Å². The molecular formula is C22H27N2O3S+. The van der Waals surface area contributed by atoms with Crippen LogP contribution in [0.1, 0.15) is 36.8 Å². The zero-order chi connectivity index (χ0) is 20.1. The SMILES string of the molecule is CC[NH+](CC)CCCN1C(=O)C(=O)/C(=C(/O)c2ccccc2)[C@H]1c1cccs1. The highest BCUT2D eigenvalue weighted by molar-refractivity contribution is 7.10. The predicted octanol–water partition coefficient (Wildman–Crippen LogP) is 2.48. The van der Waals surface area contributed by atoms with Crippen LogP contribution < -0.4 is 4.90 Å². The molecule has 1 aromatic heterocycles. The Bertz CT molecular complexity index is 842. The number of aliphatic hydroxyl groups is 1. The van der Waals surface area contributed by atoms with Crippen molar-refractivity contribution in [1.82, 2.24) is 4.90 Å². The van der Waals surface area contributed by atoms with Gasteiger partial charge < -0.3 is 14.9 Å². The van der Waals surface area contributed by atoms with Gasteiger partial charge >= 0.3 is 0 Å². The second-order valence-corrected chi connectivity index (χ2v) is 7.91. The number of nitrogens with zero attached hydrogens (tertiary/aromatic N) is 1. The standard InChI is InChI=1S/C22H26N2O3S/c1-3-23(4-2)13-9-14-24-19(17-12-8-15-28-17)18(21(26)22(24)27)20(25)16-10-6-5-7-11-16/h5-8,10-12,15,19,25H,3-4,9,13-14H2,1-2H3/p+1/b20-18+/t19-/m1/s1. The van der Waals surface area contributed by atoms with Crippen molar-refractivity contribution in [2.45, 2.75) is 26.3 Å². The summed E-state index contributed by atoms with van der Waals surface area (Å²) >= 11 is 1.50. The highest BCUT2D eigenvalue weighted by atomic mass is 32.1. The third-order valence-corrected chi connectivity index (χ3v) is 6.25. The van der Waals surface area contributed by atoms with Crippen molar-refractivity contribution in [2.24, 2.45) is 0 Å². The second kappa shape index (κ2) is 9.17. The summed E-state index contributed by atoms with van der Waals surface area (Å²) in [5.41, 5.74) is 0.739. The highest BCUT2D eigenvalue weighted by Crippen LogP contribution is 2.40. The number of quaternary nitrogens is 1. The predicted molar refractivity (Wildman–Crippen MR) is 111 cm³/mol. The molecule has 2 heterocycles. The molecule has 1 saturated heterocycles. The van der Waals surface area contributed by atoms with Crippen LogP contribution in [0.3, 0.4) is 0 Å². The van der Waals surface area contributed by atoms with E-state index < -0.39 is 17.7 Å². The third-order valence-electron chi connectivity index (χ3n) is 5.33. The monoisotopic (exact) mass is 399 g/mol. The minimum absolute atomic E-state index is 0.103. The molecule has 0 spiro atoms. The zero-order valence-corrected chi connectivity index (χ0v) is 17.2. The fourth-order valence-electron chi connectivity index (χ4n) is 3.71. The summed E-state index contributed by atoms with van der Waals surface area (Å²) in [6, 6.07) is 12.3. The van der Waals surface area contributed by atoms with E-state index in [1.165, 1.54) is 16.2 Å². The van der Waals surface area contributed by atoms with E-state index in [0.717, 1.165) is 30.9 Å². The van der Waals surface area contributed by atoms with Crippen LogP contribution in [0.2, 0.25) is 0 Å². The maximum absolute atomic E-state index is 12.8. The van der Waals surface area contributed by atoms with Crippen LogP contribution in [0.5, 0.6) is 0 Å². The van der Waals surface area contributed by atoms with Crippen LogP contribution in [-0.4, -0.2) is 47.9 Å². The van der Waals surface area contributed by atoms with Gasteiger partial charge in [0, 0.05) is 23.4 Å². The fraction of sp³-hybridized carbons (Fsp3) is 0.364. The van der Waals surface area contributed by atoms with Crippen LogP contribution in [0.4, 0.5) is 0 Å². The lowest BCUT2D eigenvalue weighted by molar-refractivity contribution is -0.896. The van der Waals surface area contributed by atoms with Crippen molar-refractivity contribution in [2.75, 3.05) is 26.2 Å². The van der Waals surface area contributed by atoms with E-state index in [2.05, 4.69) is 13.8 Å². The Labute approximate surface area is 169 Å². The number of Topliss-reactive ketones (excluding diaryl/α,β-unsaturated/α-hetero) is 1. The normalized spacial score (nSPS) is 19.0. The number of carbonyl (C=O) groups excluding carboxylic acids is 2. The van der Waals surface area contributed by atoms with Gasteiger partial charge in [-0.25, -0.2) is 0 Å². The van der Waals surface area contributed by atoms with Crippen LogP contribution in [0.15, 0.2) is 53.4 Å². The van der Waals surface area contributed by atoms with E-state index in [1.54, 1.807) is 29.2 Å². The largest absolute Gasteiger partial charge is 0.507 e. The lowest BCUT2D eigenvalue weighted by Crippen LogP contribution is -3.11. The van der Waals surface area contributed by atoms with Gasteiger partial charge in [0.15, 0.2) is 0 Å². The number of rotatable bonds is 8. The van der Waals surface area contributed by atoms with Crippen molar-refractivity contribution in [1.29, 1.82) is 0 Å². The molecule has 0 radical (unpaired) electrons. The number of carbonyl (C=O) groups is 2. The number of thiophene rings is 1. The van der Waals surface area contributed by atoms with Crippen LogP contribution >= 0.6 is 11.3 Å². The molecule has 1 fully saturated rings. The zero-order valence-electron chi connectivity index (χ0n) is 16.4. The summed E-state index contributed by atoms with van der Waals surface area (Å²) in [4.78, 5) is 29.6. The van der Waals surface area contributed by atoms with Crippen LogP contribution in [0, 0.1) is 0 Å². The summed E-state index contributed by atoms with van der Waals surface area (Å²) in [5, 5.41) is 12.8. The van der Waals surface area contributed by atoms with Gasteiger partial charge in [-0.2, -0.15) is 0 Å². The van der Waals surface area contributed by atoms with Gasteiger partial charge in [-0.3, -0.25) is 9.59 Å². The number of aliphatic hydroxyl groups excluding tert-OH is 1. The van der Waals surface area contributed by atoms with Gasteiger partial charge in [0.1, 0.15) is 5.76 Å². The minimum atomic E-state index is -0.602. The Kier molecular flexibility index (Phi) is 6.65. The summed E-state index contributed by atoms with van der Waals surface area (Å²) in [5.74, 6) is -1.23. The van der Waals surface area contributed by atoms with Crippen molar-refractivity contribution in [3.05, 3.63) is 63.9 Å². The number of hydrogen-bond donors (Lipinski definition) is 2. The summed E-state index contributed by atoms with van der Waals surface area (Å²) < 4.78 is 0. The molecule has 3 rings (SSSR count). The van der Waals surface area contributed by atoms with E-state index in [-0.39, 0.29) is 11.3 Å². The number of amides is 1. The molecule has 5 nitrogen and oxygen atoms in total. The van der Waals surface area contributed by atoms with Gasteiger partial charge in [-0.1, -0.05) is 36.4 Å². The van der Waals surface area contributed by atoms with E-state index in [4.69, 9.17) is 0 Å². The topological polar surface area (TPSA) is 62.0 Å². The number of likely N-dealkylation sites (tertiary alicyclic amines) is 1. The second-order valence-electron chi connectivity index (χ2n) is 6.93. The molecule has 1 aliphatic heterocycles. The van der Waals surface area contributed by atoms with Gasteiger partial charge in [0.05, 0.1) is 31.2 Å². The Morgan fingerprint density at radius 1 is 1.11 bits per heavy atom. The Morgan fingerprint density at radius 3 is 2.43 bits per heavy atom. The number of hydrogen-bond acceptors (Lipinski definition) is 4. The smallest absolute Gasteiger partial charge is 0.295 e. The first-order valence-electron chi connectivity index (χ1n) is 9.79. The van der Waals surface area contributed by atoms with Crippen molar-refractivity contribution in [3.63, 3.8) is 0 Å². The average Bonchev–Trinajstić information content (AvgIpc) is 3.33. The van der Waals surface area contributed by atoms with Gasteiger partial charge in [-0.05, 0) is 25.3 Å². The molecule has 0 bridgehead atoms. The molecule has 28 heavy (non-hydrogen) atoms. The number of nitrogens with one attached hydrogen (secondary N) is 1. The summed E-state index contributed by atoms with van der Waals surface area (Å²) in [6.45, 7) is 7.83. The van der Waals surface area contributed by atoms with Crippen molar-refractivity contribution >= 4 is 28.8 Å². The van der Waals surface area contributed by atoms with Crippen LogP contribution in [0.25, 0.3) is 5.76 Å². The molecule has 1 aromatic carbocycles. The Morgan fingerprint density at radius 2 is 1.82 bits per heavy atom. The van der Waals surface area contributed by atoms with Gasteiger partial charge in [0.2, 0.25) is 0 Å². The molecule has 6 heteroatoms. The Hall–Kier alpha value is -2.44. The average molecular weight is 400 g/mol. The molecule has 0 unspecified atom stereocenters. The maximum Gasteiger partial charge on any atom is 0.295 e. The van der Waals surface area contributed by atoms with Gasteiger partial charge in [-0.15, -0.1) is 11.3 Å². The van der Waals surface area contributed by atoms with Crippen LogP contribution in [-0.2, 0) is 9.59 Å². The summed E-state index contributed by atoms with van der Waals surface area (Å²) in [6.07, 6.45) is 0.817. The molecule has 148 valence electrons. The maximum atomic E-state index is 12.8. The van der Waals surface area contributed by atoms with Crippen molar-refractivity contribution in [3.8, 4) is 0 Å². The van der Waals surface area contributed by atoms with E-state index in [9.17, 15) is 14.7 Å². The molecular weight excluding hydrogens is 372 g/mol. The molecule has 0 saturated carbocycles. The number of benzene rings is 1. The molecule has 1 amide bonds. The fourth-order valence-corrected chi connectivity index (χ4v) is 4.55. The lowest BCUT2D eigenvalue weighted by atomic mass is 10.00. The number of ketones is 1. The Balaban J connectivity index is 1.94. The highest BCUT2D eigenvalue weighted by Gasteiger charge is 2.46. The van der Waals surface area contributed by atoms with E-state index in [0.29, 0.717) is 12.1 Å². The first kappa shape index (κ1) is 20.3. The molecule has 1 aliphatic rings. The van der Waals surface area contributed by atoms with Crippen molar-refractivity contribution < 1.29 is 19.6 Å². The molecule has 2 aromatic rings. The first-order valence-corrected chi connectivity index (χ1v) is 10.7.